The Morgan fingerprint density at radius 1 is 1.00 bits per heavy atom. The molecule has 0 aliphatic heterocycles. The molecule has 0 aromatic heterocycles. The lowest BCUT2D eigenvalue weighted by Crippen LogP contribution is -2.29. The molecule has 24 heavy (non-hydrogen) atoms. The van der Waals surface area contributed by atoms with Crippen molar-refractivity contribution < 1.29 is 24.2 Å². The monoisotopic (exact) mass is 337 g/mol. The maximum Gasteiger partial charge on any atom is 0.303 e. The van der Waals surface area contributed by atoms with E-state index in [1.807, 2.05) is 6.07 Å². The van der Waals surface area contributed by atoms with Crippen molar-refractivity contribution in [3.63, 3.8) is 0 Å². The van der Waals surface area contributed by atoms with E-state index in [1.165, 1.54) is 0 Å². The summed E-state index contributed by atoms with van der Waals surface area (Å²) in [5.41, 5.74) is 0.783. The van der Waals surface area contributed by atoms with E-state index in [9.17, 15) is 9.59 Å². The van der Waals surface area contributed by atoms with Crippen molar-refractivity contribution >= 4 is 17.6 Å². The van der Waals surface area contributed by atoms with E-state index in [2.05, 4.69) is 0 Å². The molecule has 0 saturated heterocycles. The molecule has 0 bridgehead atoms. The minimum Gasteiger partial charge on any atom is -0.493 e. The number of hydrogen-bond donors (Lipinski definition) is 1. The summed E-state index contributed by atoms with van der Waals surface area (Å²) in [5, 5.41) is 8.59. The van der Waals surface area contributed by atoms with Crippen LogP contribution in [-0.4, -0.2) is 37.7 Å². The van der Waals surface area contributed by atoms with Gasteiger partial charge in [-0.3, -0.25) is 9.59 Å². The lowest BCUT2D eigenvalue weighted by molar-refractivity contribution is -0.137. The Morgan fingerprint density at radius 2 is 1.62 bits per heavy atom. The molecule has 0 saturated carbocycles. The largest absolute Gasteiger partial charge is 0.493 e. The molecule has 0 unspecified atom stereocenters. The van der Waals surface area contributed by atoms with Crippen LogP contribution < -0.4 is 14.4 Å². The number of benzene rings is 1. The van der Waals surface area contributed by atoms with Gasteiger partial charge in [-0.1, -0.05) is 19.3 Å². The van der Waals surface area contributed by atoms with Gasteiger partial charge in [-0.05, 0) is 25.0 Å². The van der Waals surface area contributed by atoms with Crippen LogP contribution >= 0.6 is 0 Å². The van der Waals surface area contributed by atoms with Gasteiger partial charge in [0.2, 0.25) is 5.91 Å². The fourth-order valence-corrected chi connectivity index (χ4v) is 2.54. The Bertz CT molecular complexity index is 544. The highest BCUT2D eigenvalue weighted by Gasteiger charge is 2.14. The maximum atomic E-state index is 11.9. The zero-order chi connectivity index (χ0) is 17.9. The van der Waals surface area contributed by atoms with E-state index in [0.717, 1.165) is 31.4 Å². The van der Waals surface area contributed by atoms with Crippen LogP contribution in [0.2, 0.25) is 0 Å². The third-order valence-electron chi connectivity index (χ3n) is 3.83. The topological polar surface area (TPSA) is 76.1 Å². The smallest absolute Gasteiger partial charge is 0.303 e. The Balaban J connectivity index is 2.53. The van der Waals surface area contributed by atoms with E-state index in [0.29, 0.717) is 24.5 Å². The summed E-state index contributed by atoms with van der Waals surface area (Å²) >= 11 is 0. The average Bonchev–Trinajstić information content (AvgIpc) is 2.56. The minimum absolute atomic E-state index is 0.0203. The van der Waals surface area contributed by atoms with Crippen molar-refractivity contribution in [3.05, 3.63) is 18.2 Å². The first kappa shape index (κ1) is 19.8. The van der Waals surface area contributed by atoms with Gasteiger partial charge < -0.3 is 19.5 Å². The number of carboxylic acid groups (broad SMARTS) is 1. The van der Waals surface area contributed by atoms with Crippen molar-refractivity contribution in [3.8, 4) is 11.5 Å². The van der Waals surface area contributed by atoms with Crippen molar-refractivity contribution in [2.24, 2.45) is 0 Å². The first-order chi connectivity index (χ1) is 11.5. The number of nitrogens with zero attached hydrogens (tertiary/aromatic N) is 1. The number of aliphatic carboxylic acids is 1. The molecule has 6 nitrogen and oxygen atoms in total. The number of hydrogen-bond acceptors (Lipinski definition) is 4. The van der Waals surface area contributed by atoms with Crippen LogP contribution in [0.3, 0.4) is 0 Å². The molecule has 1 aromatic carbocycles. The summed E-state index contributed by atoms with van der Waals surface area (Å²) in [7, 11) is 3.14. The number of carbonyl (C=O) groups is 2. The zero-order valence-electron chi connectivity index (χ0n) is 14.7. The zero-order valence-corrected chi connectivity index (χ0v) is 14.7. The molecular weight excluding hydrogens is 310 g/mol. The van der Waals surface area contributed by atoms with Gasteiger partial charge >= 0.3 is 5.97 Å². The molecule has 1 N–H and O–H groups in total. The van der Waals surface area contributed by atoms with Gasteiger partial charge in [0.1, 0.15) is 0 Å². The molecule has 0 aliphatic rings. The number of rotatable bonds is 11. The van der Waals surface area contributed by atoms with E-state index in [1.54, 1.807) is 38.2 Å². The first-order valence-corrected chi connectivity index (χ1v) is 8.21. The van der Waals surface area contributed by atoms with Crippen LogP contribution in [0.1, 0.15) is 45.4 Å². The Morgan fingerprint density at radius 3 is 2.21 bits per heavy atom. The molecule has 134 valence electrons. The predicted octanol–water partition coefficient (Wildman–Crippen LogP) is 3.48. The summed E-state index contributed by atoms with van der Waals surface area (Å²) in [6.07, 6.45) is 4.66. The number of methoxy groups -OCH3 is 2. The molecule has 1 rings (SSSR count). The number of ether oxygens (including phenoxy) is 2. The molecule has 0 heterocycles. The number of anilines is 1. The summed E-state index contributed by atoms with van der Waals surface area (Å²) in [6.45, 7) is 2.17. The molecule has 0 aliphatic carbocycles. The quantitative estimate of drug-likeness (QED) is 0.626. The number of amides is 1. The van der Waals surface area contributed by atoms with Crippen LogP contribution in [0, 0.1) is 0 Å². The normalized spacial score (nSPS) is 10.3. The molecule has 0 radical (unpaired) electrons. The molecule has 1 aromatic rings. The van der Waals surface area contributed by atoms with Crippen molar-refractivity contribution in [1.82, 2.24) is 0 Å². The Labute approximate surface area is 143 Å². The third kappa shape index (κ3) is 6.48. The summed E-state index contributed by atoms with van der Waals surface area (Å²) in [5.74, 6) is 0.456. The van der Waals surface area contributed by atoms with Gasteiger partial charge in [-0.15, -0.1) is 0 Å². The lowest BCUT2D eigenvalue weighted by Gasteiger charge is -2.22. The average molecular weight is 337 g/mol. The van der Waals surface area contributed by atoms with Crippen LogP contribution in [-0.2, 0) is 9.59 Å². The van der Waals surface area contributed by atoms with Gasteiger partial charge in [-0.25, -0.2) is 0 Å². The Kier molecular flexibility index (Phi) is 8.68. The number of unbranched alkanes of at least 4 members (excludes halogenated alkanes) is 4. The molecule has 6 heteroatoms. The SMILES string of the molecule is COc1ccc(N(CCCCCCCC(=O)O)C(C)=O)cc1OC. The Hall–Kier alpha value is -2.24. The van der Waals surface area contributed by atoms with Crippen LogP contribution in [0.25, 0.3) is 0 Å². The fourth-order valence-electron chi connectivity index (χ4n) is 2.54. The van der Waals surface area contributed by atoms with E-state index < -0.39 is 5.97 Å². The molecular formula is C18H27NO5. The van der Waals surface area contributed by atoms with Crippen molar-refractivity contribution in [2.75, 3.05) is 25.7 Å². The summed E-state index contributed by atoms with van der Waals surface area (Å²) in [4.78, 5) is 24.1. The minimum atomic E-state index is -0.744. The summed E-state index contributed by atoms with van der Waals surface area (Å²) in [6, 6.07) is 5.43. The maximum absolute atomic E-state index is 11.9. The first-order valence-electron chi connectivity index (χ1n) is 8.21. The standard InChI is InChI=1S/C18H27NO5/c1-14(20)19(12-8-6-4-5-7-9-18(21)22)15-10-11-16(23-2)17(13-15)24-3/h10-11,13H,4-9,12H2,1-3H3,(H,21,22). The fraction of sp³-hybridized carbons (Fsp3) is 0.556. The van der Waals surface area contributed by atoms with E-state index >= 15 is 0 Å². The van der Waals surface area contributed by atoms with Gasteiger partial charge in [0.15, 0.2) is 11.5 Å². The van der Waals surface area contributed by atoms with E-state index in [-0.39, 0.29) is 12.3 Å². The second-order valence-corrected chi connectivity index (χ2v) is 5.62. The van der Waals surface area contributed by atoms with Crippen LogP contribution in [0.5, 0.6) is 11.5 Å². The van der Waals surface area contributed by atoms with Gasteiger partial charge in [0, 0.05) is 31.6 Å². The van der Waals surface area contributed by atoms with E-state index in [4.69, 9.17) is 14.6 Å². The molecule has 0 atom stereocenters. The highest BCUT2D eigenvalue weighted by atomic mass is 16.5. The van der Waals surface area contributed by atoms with Gasteiger partial charge in [0.05, 0.1) is 14.2 Å². The third-order valence-corrected chi connectivity index (χ3v) is 3.83. The molecule has 0 fully saturated rings. The number of carbonyl (C=O) groups excluding carboxylic acids is 1. The molecule has 0 spiro atoms. The second kappa shape index (κ2) is 10.5. The van der Waals surface area contributed by atoms with Crippen molar-refractivity contribution in [2.45, 2.75) is 45.4 Å². The second-order valence-electron chi connectivity index (χ2n) is 5.62. The highest BCUT2D eigenvalue weighted by molar-refractivity contribution is 5.91. The van der Waals surface area contributed by atoms with Crippen LogP contribution in [0.4, 0.5) is 5.69 Å². The lowest BCUT2D eigenvalue weighted by atomic mass is 10.1. The van der Waals surface area contributed by atoms with Crippen molar-refractivity contribution in [1.29, 1.82) is 0 Å². The van der Waals surface area contributed by atoms with Gasteiger partial charge in [-0.2, -0.15) is 0 Å². The van der Waals surface area contributed by atoms with Crippen LogP contribution in [0.15, 0.2) is 18.2 Å². The van der Waals surface area contributed by atoms with Gasteiger partial charge in [0.25, 0.3) is 0 Å². The highest BCUT2D eigenvalue weighted by Crippen LogP contribution is 2.31. The summed E-state index contributed by atoms with van der Waals surface area (Å²) < 4.78 is 10.5. The predicted molar refractivity (Wildman–Crippen MR) is 92.9 cm³/mol. The number of carboxylic acids is 1. The molecule has 1 amide bonds.